The zero-order chi connectivity index (χ0) is 10.8. The third-order valence-electron chi connectivity index (χ3n) is 1.96. The fourth-order valence-electron chi connectivity index (χ4n) is 0.916. The van der Waals surface area contributed by atoms with E-state index in [2.05, 4.69) is 29.5 Å². The van der Waals surface area contributed by atoms with Crippen molar-refractivity contribution < 1.29 is 4.74 Å². The van der Waals surface area contributed by atoms with E-state index >= 15 is 0 Å². The lowest BCUT2D eigenvalue weighted by molar-refractivity contribution is 0.152. The van der Waals surface area contributed by atoms with Crippen LogP contribution in [-0.2, 0) is 4.74 Å². The second kappa shape index (κ2) is 12.0. The number of aliphatic imine (C=N–C) groups is 1. The topological polar surface area (TPSA) is 45.6 Å². The summed E-state index contributed by atoms with van der Waals surface area (Å²) in [5.74, 6) is 0.846. The van der Waals surface area contributed by atoms with Gasteiger partial charge in [-0.05, 0) is 20.3 Å². The van der Waals surface area contributed by atoms with Gasteiger partial charge in [0, 0.05) is 26.2 Å². The van der Waals surface area contributed by atoms with Crippen molar-refractivity contribution in [2.75, 3.05) is 26.8 Å². The number of nitrogens with one attached hydrogen (secondary N) is 2. The Morgan fingerprint density at radius 2 is 2.07 bits per heavy atom. The minimum absolute atomic E-state index is 0. The highest BCUT2D eigenvalue weighted by Crippen LogP contribution is 1.86. The number of nitrogens with zero attached hydrogens (tertiary/aromatic N) is 1. The largest absolute Gasteiger partial charge is 0.380 e. The molecule has 0 bridgehead atoms. The van der Waals surface area contributed by atoms with Crippen molar-refractivity contribution in [1.29, 1.82) is 0 Å². The van der Waals surface area contributed by atoms with Crippen LogP contribution in [0.4, 0.5) is 0 Å². The Labute approximate surface area is 110 Å². The summed E-state index contributed by atoms with van der Waals surface area (Å²) in [5, 5.41) is 6.46. The first-order valence-electron chi connectivity index (χ1n) is 5.29. The molecular formula is C10H24IN3O. The van der Waals surface area contributed by atoms with Crippen molar-refractivity contribution >= 4 is 29.9 Å². The summed E-state index contributed by atoms with van der Waals surface area (Å²) in [6, 6.07) is 0.452. The van der Waals surface area contributed by atoms with Crippen molar-refractivity contribution in [3.63, 3.8) is 0 Å². The fraction of sp³-hybridized carbons (Fsp3) is 0.900. The van der Waals surface area contributed by atoms with E-state index < -0.39 is 0 Å². The lowest BCUT2D eigenvalue weighted by Crippen LogP contribution is -2.43. The SMILES string of the molecule is CCOCCNC(=NC)NC(C)CC.I. The first-order chi connectivity index (χ1) is 6.74. The molecule has 5 heteroatoms. The zero-order valence-corrected chi connectivity index (χ0v) is 12.5. The van der Waals surface area contributed by atoms with Crippen molar-refractivity contribution in [1.82, 2.24) is 10.6 Å². The summed E-state index contributed by atoms with van der Waals surface area (Å²) in [4.78, 5) is 4.11. The van der Waals surface area contributed by atoms with E-state index in [0.717, 1.165) is 32.1 Å². The van der Waals surface area contributed by atoms with Crippen LogP contribution in [0.1, 0.15) is 27.2 Å². The molecular weight excluding hydrogens is 305 g/mol. The first kappa shape index (κ1) is 17.4. The summed E-state index contributed by atoms with van der Waals surface area (Å²) in [6.45, 7) is 8.55. The second-order valence-electron chi connectivity index (χ2n) is 3.15. The van der Waals surface area contributed by atoms with Crippen LogP contribution in [0.3, 0.4) is 0 Å². The van der Waals surface area contributed by atoms with Gasteiger partial charge < -0.3 is 15.4 Å². The number of hydrogen-bond donors (Lipinski definition) is 2. The van der Waals surface area contributed by atoms with Gasteiger partial charge in [0.1, 0.15) is 0 Å². The molecule has 0 aliphatic heterocycles. The third kappa shape index (κ3) is 10.2. The number of ether oxygens (including phenoxy) is 1. The summed E-state index contributed by atoms with van der Waals surface area (Å²) in [5.41, 5.74) is 0. The van der Waals surface area contributed by atoms with E-state index in [1.807, 2.05) is 6.92 Å². The quantitative estimate of drug-likeness (QED) is 0.337. The van der Waals surface area contributed by atoms with E-state index in [0.29, 0.717) is 6.04 Å². The van der Waals surface area contributed by atoms with Gasteiger partial charge in [-0.25, -0.2) is 0 Å². The first-order valence-corrected chi connectivity index (χ1v) is 5.29. The normalized spacial score (nSPS) is 12.9. The van der Waals surface area contributed by atoms with Gasteiger partial charge in [0.25, 0.3) is 0 Å². The molecule has 0 aliphatic rings. The fourth-order valence-corrected chi connectivity index (χ4v) is 0.916. The summed E-state index contributed by atoms with van der Waals surface area (Å²) < 4.78 is 5.21. The molecule has 2 N–H and O–H groups in total. The third-order valence-corrected chi connectivity index (χ3v) is 1.96. The molecule has 15 heavy (non-hydrogen) atoms. The van der Waals surface area contributed by atoms with Gasteiger partial charge in [-0.2, -0.15) is 0 Å². The average molecular weight is 329 g/mol. The molecule has 92 valence electrons. The van der Waals surface area contributed by atoms with Crippen LogP contribution in [0, 0.1) is 0 Å². The molecule has 1 unspecified atom stereocenters. The Morgan fingerprint density at radius 1 is 1.40 bits per heavy atom. The van der Waals surface area contributed by atoms with Gasteiger partial charge >= 0.3 is 0 Å². The molecule has 0 spiro atoms. The molecule has 0 saturated carbocycles. The van der Waals surface area contributed by atoms with Gasteiger partial charge in [-0.15, -0.1) is 24.0 Å². The van der Waals surface area contributed by atoms with Gasteiger partial charge in [0.05, 0.1) is 6.61 Å². The Balaban J connectivity index is 0. The van der Waals surface area contributed by atoms with E-state index in [9.17, 15) is 0 Å². The molecule has 0 rings (SSSR count). The van der Waals surface area contributed by atoms with E-state index in [1.165, 1.54) is 0 Å². The second-order valence-corrected chi connectivity index (χ2v) is 3.15. The Bertz CT molecular complexity index is 165. The highest BCUT2D eigenvalue weighted by molar-refractivity contribution is 14.0. The molecule has 0 radical (unpaired) electrons. The van der Waals surface area contributed by atoms with Crippen LogP contribution in [0.2, 0.25) is 0 Å². The van der Waals surface area contributed by atoms with Crippen LogP contribution >= 0.6 is 24.0 Å². The molecule has 0 fully saturated rings. The molecule has 0 heterocycles. The molecule has 0 amide bonds. The minimum atomic E-state index is 0. The summed E-state index contributed by atoms with van der Waals surface area (Å²) in [7, 11) is 1.78. The number of rotatable bonds is 6. The Hall–Kier alpha value is -0.0400. The smallest absolute Gasteiger partial charge is 0.191 e. The van der Waals surface area contributed by atoms with E-state index in [1.54, 1.807) is 7.05 Å². The highest BCUT2D eigenvalue weighted by Gasteiger charge is 2.00. The van der Waals surface area contributed by atoms with Crippen LogP contribution in [0.25, 0.3) is 0 Å². The maximum Gasteiger partial charge on any atom is 0.191 e. The predicted octanol–water partition coefficient (Wildman–Crippen LogP) is 1.60. The van der Waals surface area contributed by atoms with E-state index in [-0.39, 0.29) is 24.0 Å². The summed E-state index contributed by atoms with van der Waals surface area (Å²) in [6.07, 6.45) is 1.09. The molecule has 1 atom stereocenters. The van der Waals surface area contributed by atoms with Gasteiger partial charge in [0.2, 0.25) is 0 Å². The van der Waals surface area contributed by atoms with Crippen molar-refractivity contribution in [3.05, 3.63) is 0 Å². The number of guanidine groups is 1. The molecule has 4 nitrogen and oxygen atoms in total. The molecule has 0 saturated heterocycles. The molecule has 0 aliphatic carbocycles. The Morgan fingerprint density at radius 3 is 2.53 bits per heavy atom. The standard InChI is InChI=1S/C10H23N3O.HI/c1-5-9(3)13-10(11-4)12-7-8-14-6-2;/h9H,5-8H2,1-4H3,(H2,11,12,13);1H. The van der Waals surface area contributed by atoms with Crippen LogP contribution in [0.15, 0.2) is 4.99 Å². The molecule has 0 aromatic heterocycles. The monoisotopic (exact) mass is 329 g/mol. The maximum absolute atomic E-state index is 5.21. The van der Waals surface area contributed by atoms with Crippen molar-refractivity contribution in [3.8, 4) is 0 Å². The van der Waals surface area contributed by atoms with E-state index in [4.69, 9.17) is 4.74 Å². The zero-order valence-electron chi connectivity index (χ0n) is 10.2. The van der Waals surface area contributed by atoms with Gasteiger partial charge in [0.15, 0.2) is 5.96 Å². The highest BCUT2D eigenvalue weighted by atomic mass is 127. The lowest BCUT2D eigenvalue weighted by Gasteiger charge is -2.16. The maximum atomic E-state index is 5.21. The van der Waals surface area contributed by atoms with Gasteiger partial charge in [-0.3, -0.25) is 4.99 Å². The van der Waals surface area contributed by atoms with Crippen LogP contribution in [0.5, 0.6) is 0 Å². The van der Waals surface area contributed by atoms with Crippen LogP contribution < -0.4 is 10.6 Å². The van der Waals surface area contributed by atoms with Crippen LogP contribution in [-0.4, -0.2) is 38.8 Å². The number of halogens is 1. The van der Waals surface area contributed by atoms with Gasteiger partial charge in [-0.1, -0.05) is 6.92 Å². The lowest BCUT2D eigenvalue weighted by atomic mass is 10.3. The minimum Gasteiger partial charge on any atom is -0.380 e. The average Bonchev–Trinajstić information content (AvgIpc) is 2.22. The van der Waals surface area contributed by atoms with Crippen molar-refractivity contribution in [2.24, 2.45) is 4.99 Å². The molecule has 0 aromatic rings. The predicted molar refractivity (Wildman–Crippen MR) is 76.2 cm³/mol. The van der Waals surface area contributed by atoms with Crippen molar-refractivity contribution in [2.45, 2.75) is 33.2 Å². The number of hydrogen-bond acceptors (Lipinski definition) is 2. The Kier molecular flexibility index (Phi) is 13.9. The summed E-state index contributed by atoms with van der Waals surface area (Å²) >= 11 is 0. The molecule has 0 aromatic carbocycles.